The summed E-state index contributed by atoms with van der Waals surface area (Å²) in [7, 11) is 0. The van der Waals surface area contributed by atoms with Gasteiger partial charge in [-0.2, -0.15) is 0 Å². The number of hydrogen-bond donors (Lipinski definition) is 2. The highest BCUT2D eigenvalue weighted by Gasteiger charge is 1.94. The molecular weight excluding hydrogens is 312 g/mol. The highest BCUT2D eigenvalue weighted by molar-refractivity contribution is 5.66. The molecule has 0 rings (SSSR count). The third-order valence-electron chi connectivity index (χ3n) is 3.52. The predicted molar refractivity (Wildman–Crippen MR) is 107 cm³/mol. The summed E-state index contributed by atoms with van der Waals surface area (Å²) in [6.45, 7) is 2.11. The van der Waals surface area contributed by atoms with Crippen molar-refractivity contribution < 1.29 is 15.0 Å². The average Bonchev–Trinajstić information content (AvgIpc) is 2.58. The molecule has 3 heteroatoms. The zero-order valence-electron chi connectivity index (χ0n) is 15.6. The zero-order valence-corrected chi connectivity index (χ0v) is 15.6. The third kappa shape index (κ3) is 19.9. The fourth-order valence-electron chi connectivity index (χ4n) is 2.13. The Hall–Kier alpha value is -2.03. The van der Waals surface area contributed by atoms with Crippen molar-refractivity contribution in [2.24, 2.45) is 0 Å². The Balaban J connectivity index is 3.61. The number of hydrogen-bond acceptors (Lipinski definition) is 2. The van der Waals surface area contributed by atoms with E-state index in [0.717, 1.165) is 51.4 Å². The number of aliphatic hydroxyl groups is 1. The first-order valence-corrected chi connectivity index (χ1v) is 9.36. The van der Waals surface area contributed by atoms with Crippen molar-refractivity contribution in [3.63, 3.8) is 0 Å². The smallest absolute Gasteiger partial charge is 0.303 e. The third-order valence-corrected chi connectivity index (χ3v) is 3.52. The number of unbranched alkanes of at least 4 members (excludes halogenated alkanes) is 3. The molecule has 0 heterocycles. The molecule has 0 aromatic carbocycles. The molecule has 0 saturated carbocycles. The van der Waals surface area contributed by atoms with Crippen LogP contribution in [0.2, 0.25) is 0 Å². The topological polar surface area (TPSA) is 57.5 Å². The van der Waals surface area contributed by atoms with Crippen LogP contribution in [0, 0.1) is 0 Å². The molecule has 3 nitrogen and oxygen atoms in total. The molecule has 25 heavy (non-hydrogen) atoms. The van der Waals surface area contributed by atoms with Gasteiger partial charge < -0.3 is 10.2 Å². The molecule has 0 radical (unpaired) electrons. The lowest BCUT2D eigenvalue weighted by atomic mass is 10.1. The molecule has 0 aromatic heterocycles. The highest BCUT2D eigenvalue weighted by atomic mass is 16.4. The van der Waals surface area contributed by atoms with E-state index in [1.165, 1.54) is 0 Å². The normalized spacial score (nSPS) is 13.1. The Morgan fingerprint density at radius 1 is 0.760 bits per heavy atom. The van der Waals surface area contributed by atoms with Crippen molar-refractivity contribution in [1.29, 1.82) is 0 Å². The molecule has 0 atom stereocenters. The molecule has 0 unspecified atom stereocenters. The summed E-state index contributed by atoms with van der Waals surface area (Å²) in [6.07, 6.45) is 26.9. The van der Waals surface area contributed by atoms with Gasteiger partial charge in [-0.25, -0.2) is 0 Å². The van der Waals surface area contributed by atoms with Crippen LogP contribution in [0.15, 0.2) is 60.4 Å². The molecule has 0 saturated heterocycles. The van der Waals surface area contributed by atoms with Crippen LogP contribution in [0.5, 0.6) is 0 Å². The second-order valence-electron chi connectivity index (χ2n) is 5.89. The van der Waals surface area contributed by atoms with E-state index in [9.17, 15) is 9.90 Å². The Morgan fingerprint density at radius 3 is 2.12 bits per heavy atom. The van der Waals surface area contributed by atoms with Crippen LogP contribution in [0.3, 0.4) is 0 Å². The van der Waals surface area contributed by atoms with E-state index in [0.29, 0.717) is 12.2 Å². The minimum Gasteiger partial charge on any atom is -0.512 e. The number of aliphatic carboxylic acids is 1. The molecule has 0 aliphatic heterocycles. The number of carboxylic acids is 1. The van der Waals surface area contributed by atoms with Crippen LogP contribution in [-0.4, -0.2) is 16.2 Å². The van der Waals surface area contributed by atoms with E-state index < -0.39 is 5.97 Å². The van der Waals surface area contributed by atoms with Gasteiger partial charge in [0.2, 0.25) is 0 Å². The molecule has 0 aromatic rings. The number of rotatable bonds is 15. The number of carbonyl (C=O) groups is 1. The number of aliphatic hydroxyl groups excluding tert-OH is 1. The van der Waals surface area contributed by atoms with Gasteiger partial charge >= 0.3 is 5.97 Å². The lowest BCUT2D eigenvalue weighted by Crippen LogP contribution is -1.93. The van der Waals surface area contributed by atoms with Gasteiger partial charge in [-0.1, -0.05) is 62.0 Å². The van der Waals surface area contributed by atoms with E-state index in [1.807, 2.05) is 12.2 Å². The maximum absolute atomic E-state index is 10.4. The van der Waals surface area contributed by atoms with Crippen molar-refractivity contribution in [1.82, 2.24) is 0 Å². The van der Waals surface area contributed by atoms with Crippen LogP contribution < -0.4 is 0 Å². The van der Waals surface area contributed by atoms with Gasteiger partial charge in [0.15, 0.2) is 0 Å². The van der Waals surface area contributed by atoms with Crippen molar-refractivity contribution >= 4 is 5.97 Å². The van der Waals surface area contributed by atoms with Crippen LogP contribution in [0.4, 0.5) is 0 Å². The minimum atomic E-state index is -0.707. The quantitative estimate of drug-likeness (QED) is 0.198. The predicted octanol–water partition coefficient (Wildman–Crippen LogP) is 6.66. The fraction of sp³-hybridized carbons (Fsp3) is 0.500. The van der Waals surface area contributed by atoms with E-state index >= 15 is 0 Å². The first kappa shape index (κ1) is 23.0. The Labute approximate surface area is 153 Å². The van der Waals surface area contributed by atoms with E-state index in [-0.39, 0.29) is 6.42 Å². The molecule has 0 aliphatic rings. The molecule has 2 N–H and O–H groups in total. The number of allylic oxidation sites excluding steroid dienone is 9. The van der Waals surface area contributed by atoms with Gasteiger partial charge in [-0.05, 0) is 51.0 Å². The van der Waals surface area contributed by atoms with Crippen LogP contribution >= 0.6 is 0 Å². The summed E-state index contributed by atoms with van der Waals surface area (Å²) in [6, 6.07) is 0. The van der Waals surface area contributed by atoms with Crippen molar-refractivity contribution in [2.75, 3.05) is 0 Å². The van der Waals surface area contributed by atoms with Gasteiger partial charge in [0, 0.05) is 12.8 Å². The maximum atomic E-state index is 10.4. The summed E-state index contributed by atoms with van der Waals surface area (Å²) in [5, 5.41) is 18.3. The lowest BCUT2D eigenvalue weighted by Gasteiger charge is -1.95. The molecule has 140 valence electrons. The fourth-order valence-corrected chi connectivity index (χ4v) is 2.13. The van der Waals surface area contributed by atoms with Gasteiger partial charge in [0.1, 0.15) is 0 Å². The summed E-state index contributed by atoms with van der Waals surface area (Å²) in [5.74, 6) is -0.293. The van der Waals surface area contributed by atoms with Crippen LogP contribution in [0.1, 0.15) is 71.1 Å². The average molecular weight is 347 g/mol. The van der Waals surface area contributed by atoms with Gasteiger partial charge in [-0.15, -0.1) is 0 Å². The minimum absolute atomic E-state index is 0.276. The summed E-state index contributed by atoms with van der Waals surface area (Å²) < 4.78 is 0. The molecular formula is C22H34O3. The van der Waals surface area contributed by atoms with Gasteiger partial charge in [0.05, 0.1) is 5.76 Å². The zero-order chi connectivity index (χ0) is 18.6. The second kappa shape index (κ2) is 18.3. The number of carboxylic acid groups (broad SMARTS) is 1. The van der Waals surface area contributed by atoms with Crippen LogP contribution in [0.25, 0.3) is 0 Å². The van der Waals surface area contributed by atoms with E-state index in [4.69, 9.17) is 5.11 Å². The highest BCUT2D eigenvalue weighted by Crippen LogP contribution is 2.05. The van der Waals surface area contributed by atoms with E-state index in [2.05, 4.69) is 49.5 Å². The second-order valence-corrected chi connectivity index (χ2v) is 5.89. The Kier molecular flexibility index (Phi) is 16.8. The lowest BCUT2D eigenvalue weighted by molar-refractivity contribution is -0.137. The van der Waals surface area contributed by atoms with Gasteiger partial charge in [-0.3, -0.25) is 4.79 Å². The largest absolute Gasteiger partial charge is 0.512 e. The van der Waals surface area contributed by atoms with Crippen molar-refractivity contribution in [2.45, 2.75) is 71.1 Å². The van der Waals surface area contributed by atoms with Crippen molar-refractivity contribution in [3.8, 4) is 0 Å². The molecule has 0 amide bonds. The maximum Gasteiger partial charge on any atom is 0.303 e. The summed E-state index contributed by atoms with van der Waals surface area (Å²) in [5.41, 5.74) is 0. The molecule has 0 bridgehead atoms. The van der Waals surface area contributed by atoms with Gasteiger partial charge in [0.25, 0.3) is 0 Å². The molecule has 0 fully saturated rings. The summed E-state index contributed by atoms with van der Waals surface area (Å²) in [4.78, 5) is 10.4. The monoisotopic (exact) mass is 346 g/mol. The first-order chi connectivity index (χ1) is 12.2. The van der Waals surface area contributed by atoms with Crippen LogP contribution in [-0.2, 0) is 4.79 Å². The Bertz CT molecular complexity index is 468. The summed E-state index contributed by atoms with van der Waals surface area (Å²) >= 11 is 0. The standard InChI is InChI=1S/C22H34O3/c1-2-3-4-5-12-15-18-21(23)19-16-13-10-8-6-7-9-11-14-17-20-22(24)25/h3-4,6-7,10,12-13,15,19,23H,2,5,8-9,11,14,16-18,20H2,1H3,(H,24,25)/b4-3-,7-6-,13-10-,15-12-,21-19-. The molecule has 0 aliphatic carbocycles. The van der Waals surface area contributed by atoms with E-state index in [1.54, 1.807) is 0 Å². The first-order valence-electron chi connectivity index (χ1n) is 9.36. The Morgan fingerprint density at radius 2 is 1.40 bits per heavy atom. The molecule has 0 spiro atoms. The SMILES string of the molecule is CC/C=C\C/C=C\C/C(O)=C/C/C=C\C/C=C\CCCCCC(=O)O. The van der Waals surface area contributed by atoms with Crippen molar-refractivity contribution in [3.05, 3.63) is 60.4 Å².